The summed E-state index contributed by atoms with van der Waals surface area (Å²) in [4.78, 5) is 11.3. The maximum Gasteiger partial charge on any atom is 0.250 e. The normalized spacial score (nSPS) is 10.2. The van der Waals surface area contributed by atoms with E-state index in [4.69, 9.17) is 5.73 Å². The fourth-order valence-electron chi connectivity index (χ4n) is 1.29. The quantitative estimate of drug-likeness (QED) is 0.705. The Bertz CT molecular complexity index is 304. The highest BCUT2D eigenvalue weighted by Crippen LogP contribution is 1.96. The third-order valence-electron chi connectivity index (χ3n) is 1.86. The van der Waals surface area contributed by atoms with Crippen molar-refractivity contribution in [3.8, 4) is 0 Å². The van der Waals surface area contributed by atoms with Crippen molar-refractivity contribution < 1.29 is 0 Å². The minimum atomic E-state index is 0.0588. The van der Waals surface area contributed by atoms with Crippen LogP contribution in [0, 0.1) is 0 Å². The van der Waals surface area contributed by atoms with Crippen molar-refractivity contribution in [3.63, 3.8) is 0 Å². The van der Waals surface area contributed by atoms with Gasteiger partial charge in [0.05, 0.1) is 0 Å². The second-order valence-electron chi connectivity index (χ2n) is 2.64. The molecule has 3 nitrogen and oxygen atoms in total. The van der Waals surface area contributed by atoms with Gasteiger partial charge in [0.15, 0.2) is 0 Å². The van der Waals surface area contributed by atoms with E-state index in [1.54, 1.807) is 16.7 Å². The largest absolute Gasteiger partial charge is 0.330 e. The Hall–Kier alpha value is -1.09. The van der Waals surface area contributed by atoms with Gasteiger partial charge in [-0.1, -0.05) is 6.07 Å². The molecule has 0 radical (unpaired) electrons. The number of rotatable bonds is 3. The van der Waals surface area contributed by atoms with E-state index in [0.717, 1.165) is 18.7 Å². The van der Waals surface area contributed by atoms with Gasteiger partial charge in [-0.05, 0) is 19.5 Å². The van der Waals surface area contributed by atoms with Gasteiger partial charge < -0.3 is 10.3 Å². The summed E-state index contributed by atoms with van der Waals surface area (Å²) in [7, 11) is 0. The molecular formula is C9H14N2O. The third kappa shape index (κ3) is 1.74. The molecule has 0 spiro atoms. The van der Waals surface area contributed by atoms with E-state index in [-0.39, 0.29) is 5.56 Å². The van der Waals surface area contributed by atoms with Crippen LogP contribution in [0.15, 0.2) is 23.0 Å². The Balaban J connectivity index is 3.09. The molecule has 0 atom stereocenters. The van der Waals surface area contributed by atoms with Crippen LogP contribution in [0.1, 0.15) is 12.6 Å². The van der Waals surface area contributed by atoms with Gasteiger partial charge in [0, 0.05) is 24.7 Å². The SMILES string of the molecule is CCn1c(CCN)cccc1=O. The summed E-state index contributed by atoms with van der Waals surface area (Å²) >= 11 is 0. The average Bonchev–Trinajstić information content (AvgIpc) is 2.05. The van der Waals surface area contributed by atoms with E-state index in [0.29, 0.717) is 6.54 Å². The average molecular weight is 166 g/mol. The topological polar surface area (TPSA) is 48.0 Å². The fraction of sp³-hybridized carbons (Fsp3) is 0.444. The van der Waals surface area contributed by atoms with Crippen molar-refractivity contribution in [2.75, 3.05) is 6.54 Å². The van der Waals surface area contributed by atoms with Crippen LogP contribution < -0.4 is 11.3 Å². The molecule has 0 saturated heterocycles. The summed E-state index contributed by atoms with van der Waals surface area (Å²) in [6.45, 7) is 3.26. The van der Waals surface area contributed by atoms with E-state index in [2.05, 4.69) is 0 Å². The van der Waals surface area contributed by atoms with Crippen LogP contribution >= 0.6 is 0 Å². The van der Waals surface area contributed by atoms with E-state index in [9.17, 15) is 4.79 Å². The predicted molar refractivity (Wildman–Crippen MR) is 49.1 cm³/mol. The Labute approximate surface area is 71.8 Å². The summed E-state index contributed by atoms with van der Waals surface area (Å²) in [6.07, 6.45) is 0.768. The molecule has 0 aromatic carbocycles. The summed E-state index contributed by atoms with van der Waals surface area (Å²) in [6, 6.07) is 5.29. The summed E-state index contributed by atoms with van der Waals surface area (Å²) in [5.41, 5.74) is 6.50. The molecular weight excluding hydrogens is 152 g/mol. The number of aromatic nitrogens is 1. The van der Waals surface area contributed by atoms with Crippen molar-refractivity contribution in [2.24, 2.45) is 5.73 Å². The molecule has 0 amide bonds. The number of hydrogen-bond acceptors (Lipinski definition) is 2. The molecule has 0 aliphatic rings. The van der Waals surface area contributed by atoms with Crippen LogP contribution in [0.2, 0.25) is 0 Å². The summed E-state index contributed by atoms with van der Waals surface area (Å²) in [5.74, 6) is 0. The zero-order valence-electron chi connectivity index (χ0n) is 7.29. The van der Waals surface area contributed by atoms with Crippen LogP contribution in [-0.4, -0.2) is 11.1 Å². The number of nitrogens with zero attached hydrogens (tertiary/aromatic N) is 1. The molecule has 0 fully saturated rings. The van der Waals surface area contributed by atoms with Crippen molar-refractivity contribution in [1.29, 1.82) is 0 Å². The third-order valence-corrected chi connectivity index (χ3v) is 1.86. The molecule has 0 aliphatic carbocycles. The molecule has 1 heterocycles. The van der Waals surface area contributed by atoms with Gasteiger partial charge in [-0.2, -0.15) is 0 Å². The van der Waals surface area contributed by atoms with Crippen molar-refractivity contribution in [1.82, 2.24) is 4.57 Å². The highest BCUT2D eigenvalue weighted by molar-refractivity contribution is 5.07. The second kappa shape index (κ2) is 4.07. The standard InChI is InChI=1S/C9H14N2O/c1-2-11-8(6-7-10)4-3-5-9(11)12/h3-5H,2,6-7,10H2,1H3. The van der Waals surface area contributed by atoms with E-state index in [1.807, 2.05) is 13.0 Å². The van der Waals surface area contributed by atoms with Gasteiger partial charge in [-0.15, -0.1) is 0 Å². The molecule has 0 bridgehead atoms. The zero-order valence-corrected chi connectivity index (χ0v) is 7.29. The lowest BCUT2D eigenvalue weighted by atomic mass is 10.2. The van der Waals surface area contributed by atoms with Crippen LogP contribution in [0.3, 0.4) is 0 Å². The molecule has 0 unspecified atom stereocenters. The zero-order chi connectivity index (χ0) is 8.97. The molecule has 1 rings (SSSR count). The molecule has 2 N–H and O–H groups in total. The highest BCUT2D eigenvalue weighted by Gasteiger charge is 1.98. The van der Waals surface area contributed by atoms with E-state index < -0.39 is 0 Å². The molecule has 12 heavy (non-hydrogen) atoms. The van der Waals surface area contributed by atoms with Crippen LogP contribution in [0.25, 0.3) is 0 Å². The van der Waals surface area contributed by atoms with Gasteiger partial charge in [0.2, 0.25) is 0 Å². The summed E-state index contributed by atoms with van der Waals surface area (Å²) in [5, 5.41) is 0. The van der Waals surface area contributed by atoms with Gasteiger partial charge >= 0.3 is 0 Å². The number of nitrogens with two attached hydrogens (primary N) is 1. The molecule has 66 valence electrons. The maximum atomic E-state index is 11.3. The minimum absolute atomic E-state index is 0.0588. The molecule has 0 aliphatic heterocycles. The second-order valence-corrected chi connectivity index (χ2v) is 2.64. The Kier molecular flexibility index (Phi) is 3.05. The Morgan fingerprint density at radius 3 is 2.83 bits per heavy atom. The van der Waals surface area contributed by atoms with E-state index >= 15 is 0 Å². The smallest absolute Gasteiger partial charge is 0.250 e. The van der Waals surface area contributed by atoms with Crippen LogP contribution in [0.5, 0.6) is 0 Å². The number of hydrogen-bond donors (Lipinski definition) is 1. The predicted octanol–water partition coefficient (Wildman–Crippen LogP) is 0.369. The molecule has 0 saturated carbocycles. The van der Waals surface area contributed by atoms with Gasteiger partial charge in [0.1, 0.15) is 0 Å². The van der Waals surface area contributed by atoms with Crippen molar-refractivity contribution >= 4 is 0 Å². The number of pyridine rings is 1. The first-order valence-corrected chi connectivity index (χ1v) is 4.18. The highest BCUT2D eigenvalue weighted by atomic mass is 16.1. The van der Waals surface area contributed by atoms with Crippen molar-refractivity contribution in [2.45, 2.75) is 19.9 Å². The first-order chi connectivity index (χ1) is 5.79. The lowest BCUT2D eigenvalue weighted by Gasteiger charge is -2.08. The lowest BCUT2D eigenvalue weighted by molar-refractivity contribution is 0.672. The first-order valence-electron chi connectivity index (χ1n) is 4.18. The monoisotopic (exact) mass is 166 g/mol. The minimum Gasteiger partial charge on any atom is -0.330 e. The Morgan fingerprint density at radius 2 is 2.25 bits per heavy atom. The molecule has 3 heteroatoms. The van der Waals surface area contributed by atoms with Gasteiger partial charge in [-0.25, -0.2) is 0 Å². The van der Waals surface area contributed by atoms with E-state index in [1.165, 1.54) is 0 Å². The fourth-order valence-corrected chi connectivity index (χ4v) is 1.29. The molecule has 1 aromatic rings. The van der Waals surface area contributed by atoms with Gasteiger partial charge in [0.25, 0.3) is 5.56 Å². The maximum absolute atomic E-state index is 11.3. The Morgan fingerprint density at radius 1 is 1.50 bits per heavy atom. The first kappa shape index (κ1) is 9.00. The van der Waals surface area contributed by atoms with Crippen LogP contribution in [-0.2, 0) is 13.0 Å². The lowest BCUT2D eigenvalue weighted by Crippen LogP contribution is -2.22. The molecule has 1 aromatic heterocycles. The van der Waals surface area contributed by atoms with Crippen molar-refractivity contribution in [3.05, 3.63) is 34.2 Å². The summed E-state index contributed by atoms with van der Waals surface area (Å²) < 4.78 is 1.74. The van der Waals surface area contributed by atoms with Gasteiger partial charge in [-0.3, -0.25) is 4.79 Å². The van der Waals surface area contributed by atoms with Crippen LogP contribution in [0.4, 0.5) is 0 Å².